The van der Waals surface area contributed by atoms with E-state index in [-0.39, 0.29) is 17.4 Å². The van der Waals surface area contributed by atoms with E-state index in [1.165, 1.54) is 24.5 Å². The number of benzene rings is 1. The Labute approximate surface area is 130 Å². The molecule has 0 aliphatic carbocycles. The molecule has 0 saturated heterocycles. The summed E-state index contributed by atoms with van der Waals surface area (Å²) in [6.07, 6.45) is 0. The number of halogens is 1. The van der Waals surface area contributed by atoms with Crippen LogP contribution in [0.1, 0.15) is 20.8 Å². The number of thiophene rings is 1. The Hall–Kier alpha value is -1.99. The second-order valence-electron chi connectivity index (χ2n) is 4.20. The van der Waals surface area contributed by atoms with E-state index in [1.54, 1.807) is 23.6 Å². The molecular formula is C14H13FN2O2S2. The molecular weight excluding hydrogens is 311 g/mol. The number of nitrogens with two attached hydrogens (primary N) is 1. The number of amides is 1. The molecule has 0 bridgehead atoms. The van der Waals surface area contributed by atoms with Crippen molar-refractivity contribution < 1.29 is 13.9 Å². The summed E-state index contributed by atoms with van der Waals surface area (Å²) in [5.74, 6) is -0.109. The molecule has 0 aliphatic heterocycles. The predicted octanol–water partition coefficient (Wildman–Crippen LogP) is 2.46. The number of hydrogen-bond donors (Lipinski definition) is 2. The third-order valence-corrected chi connectivity index (χ3v) is 3.95. The molecule has 1 heterocycles. The molecule has 0 saturated carbocycles. The monoisotopic (exact) mass is 324 g/mol. The molecule has 2 aromatic rings. The summed E-state index contributed by atoms with van der Waals surface area (Å²) < 4.78 is 18.8. The molecule has 1 amide bonds. The molecule has 4 nitrogen and oxygen atoms in total. The van der Waals surface area contributed by atoms with Crippen LogP contribution in [0.25, 0.3) is 0 Å². The minimum atomic E-state index is -0.454. The van der Waals surface area contributed by atoms with Crippen molar-refractivity contribution in [1.29, 1.82) is 0 Å². The van der Waals surface area contributed by atoms with Crippen LogP contribution in [0.4, 0.5) is 4.39 Å². The van der Waals surface area contributed by atoms with Crippen molar-refractivity contribution in [2.24, 2.45) is 5.73 Å². The molecule has 7 heteroatoms. The van der Waals surface area contributed by atoms with Gasteiger partial charge in [0.05, 0.1) is 12.0 Å². The number of hydrogen-bond acceptors (Lipinski definition) is 4. The van der Waals surface area contributed by atoms with Crippen molar-refractivity contribution in [3.05, 3.63) is 51.5 Å². The van der Waals surface area contributed by atoms with Gasteiger partial charge in [-0.1, -0.05) is 24.4 Å². The first-order chi connectivity index (χ1) is 10.0. The second-order valence-corrected chi connectivity index (χ2v) is 5.55. The Morgan fingerprint density at radius 3 is 2.81 bits per heavy atom. The summed E-state index contributed by atoms with van der Waals surface area (Å²) in [5, 5.41) is 4.38. The van der Waals surface area contributed by atoms with Crippen LogP contribution in [0.2, 0.25) is 0 Å². The first-order valence-electron chi connectivity index (χ1n) is 6.00. The lowest BCUT2D eigenvalue weighted by molar-refractivity contribution is 0.0954. The van der Waals surface area contributed by atoms with Crippen LogP contribution in [-0.4, -0.2) is 18.0 Å². The molecule has 21 heavy (non-hydrogen) atoms. The zero-order valence-electron chi connectivity index (χ0n) is 11.2. The molecule has 2 rings (SSSR count). The van der Waals surface area contributed by atoms with Crippen LogP contribution in [0.5, 0.6) is 5.75 Å². The predicted molar refractivity (Wildman–Crippen MR) is 84.3 cm³/mol. The van der Waals surface area contributed by atoms with E-state index in [0.29, 0.717) is 21.8 Å². The lowest BCUT2D eigenvalue weighted by Gasteiger charge is -2.07. The maximum atomic E-state index is 13.8. The van der Waals surface area contributed by atoms with Crippen molar-refractivity contribution in [1.82, 2.24) is 5.32 Å². The van der Waals surface area contributed by atoms with Gasteiger partial charge >= 0.3 is 0 Å². The van der Waals surface area contributed by atoms with Crippen molar-refractivity contribution >= 4 is 34.5 Å². The Kier molecular flexibility index (Phi) is 4.87. The second kappa shape index (κ2) is 6.64. The zero-order chi connectivity index (χ0) is 15.4. The highest BCUT2D eigenvalue weighted by Gasteiger charge is 2.11. The number of ether oxygens (including phenoxy) is 1. The normalized spacial score (nSPS) is 10.2. The number of carbonyl (C=O) groups excluding carboxylic acids is 1. The average Bonchev–Trinajstić information content (AvgIpc) is 2.94. The third-order valence-electron chi connectivity index (χ3n) is 2.81. The number of carbonyl (C=O) groups is 1. The van der Waals surface area contributed by atoms with E-state index in [9.17, 15) is 9.18 Å². The summed E-state index contributed by atoms with van der Waals surface area (Å²) in [7, 11) is 1.53. The van der Waals surface area contributed by atoms with Gasteiger partial charge in [0.2, 0.25) is 0 Å². The summed E-state index contributed by atoms with van der Waals surface area (Å²) in [4.78, 5) is 12.6. The molecule has 0 fully saturated rings. The first kappa shape index (κ1) is 15.4. The van der Waals surface area contributed by atoms with Crippen LogP contribution >= 0.6 is 23.6 Å². The number of methoxy groups -OCH3 is 1. The van der Waals surface area contributed by atoms with Crippen LogP contribution in [0.3, 0.4) is 0 Å². The largest absolute Gasteiger partial charge is 0.496 e. The van der Waals surface area contributed by atoms with Crippen LogP contribution < -0.4 is 15.8 Å². The fourth-order valence-corrected chi connectivity index (χ4v) is 2.55. The molecule has 0 unspecified atom stereocenters. The molecule has 0 aliphatic rings. The standard InChI is InChI=1S/C14H13FN2O2S2/c1-19-10-5-12(21-7-10)14(18)17-6-9-3-2-8(13(16)20)4-11(9)15/h2-5,7H,6H2,1H3,(H2,16,20)(H,17,18). The van der Waals surface area contributed by atoms with Crippen molar-refractivity contribution in [2.45, 2.75) is 6.54 Å². The van der Waals surface area contributed by atoms with E-state index in [2.05, 4.69) is 5.32 Å². The first-order valence-corrected chi connectivity index (χ1v) is 7.29. The van der Waals surface area contributed by atoms with E-state index in [1.807, 2.05) is 0 Å². The summed E-state index contributed by atoms with van der Waals surface area (Å²) in [6, 6.07) is 6.07. The lowest BCUT2D eigenvalue weighted by atomic mass is 10.1. The van der Waals surface area contributed by atoms with Gasteiger partial charge in [-0.2, -0.15) is 0 Å². The van der Waals surface area contributed by atoms with Crippen molar-refractivity contribution in [2.75, 3.05) is 7.11 Å². The van der Waals surface area contributed by atoms with Gasteiger partial charge in [0.25, 0.3) is 5.91 Å². The smallest absolute Gasteiger partial charge is 0.261 e. The summed E-state index contributed by atoms with van der Waals surface area (Å²) in [6.45, 7) is 0.0858. The molecule has 1 aromatic carbocycles. The fraction of sp³-hybridized carbons (Fsp3) is 0.143. The summed E-state index contributed by atoms with van der Waals surface area (Å²) >= 11 is 6.04. The Morgan fingerprint density at radius 2 is 2.24 bits per heavy atom. The van der Waals surface area contributed by atoms with Gasteiger partial charge in [0.15, 0.2) is 0 Å². The van der Waals surface area contributed by atoms with Gasteiger partial charge in [-0.15, -0.1) is 11.3 Å². The molecule has 110 valence electrons. The minimum absolute atomic E-state index is 0.0858. The van der Waals surface area contributed by atoms with Crippen LogP contribution in [0.15, 0.2) is 29.6 Å². The van der Waals surface area contributed by atoms with E-state index in [0.717, 1.165) is 0 Å². The van der Waals surface area contributed by atoms with Crippen LogP contribution in [-0.2, 0) is 6.54 Å². The highest BCUT2D eigenvalue weighted by atomic mass is 32.1. The minimum Gasteiger partial charge on any atom is -0.496 e. The van der Waals surface area contributed by atoms with Gasteiger partial charge in [0.1, 0.15) is 16.6 Å². The van der Waals surface area contributed by atoms with Gasteiger partial charge in [-0.3, -0.25) is 4.79 Å². The molecule has 0 radical (unpaired) electrons. The summed E-state index contributed by atoms with van der Waals surface area (Å²) in [5.41, 5.74) is 6.26. The van der Waals surface area contributed by atoms with Gasteiger partial charge in [0, 0.05) is 29.1 Å². The Bertz CT molecular complexity index is 685. The Balaban J connectivity index is 2.02. The van der Waals surface area contributed by atoms with Crippen LogP contribution in [0, 0.1) is 5.82 Å². The molecule has 1 aromatic heterocycles. The molecule has 0 atom stereocenters. The SMILES string of the molecule is COc1csc(C(=O)NCc2ccc(C(N)=S)cc2F)c1. The van der Waals surface area contributed by atoms with E-state index >= 15 is 0 Å². The third kappa shape index (κ3) is 3.77. The average molecular weight is 324 g/mol. The number of rotatable bonds is 5. The highest BCUT2D eigenvalue weighted by Crippen LogP contribution is 2.21. The van der Waals surface area contributed by atoms with Crippen molar-refractivity contribution in [3.63, 3.8) is 0 Å². The topological polar surface area (TPSA) is 64.3 Å². The van der Waals surface area contributed by atoms with Gasteiger partial charge < -0.3 is 15.8 Å². The molecule has 0 spiro atoms. The number of thiocarbonyl (C=S) groups is 1. The van der Waals surface area contributed by atoms with Gasteiger partial charge in [-0.25, -0.2) is 4.39 Å². The fourth-order valence-electron chi connectivity index (χ4n) is 1.65. The zero-order valence-corrected chi connectivity index (χ0v) is 12.8. The maximum Gasteiger partial charge on any atom is 0.261 e. The lowest BCUT2D eigenvalue weighted by Crippen LogP contribution is -2.22. The van der Waals surface area contributed by atoms with Crippen molar-refractivity contribution in [3.8, 4) is 5.75 Å². The highest BCUT2D eigenvalue weighted by molar-refractivity contribution is 7.80. The van der Waals surface area contributed by atoms with Gasteiger partial charge in [-0.05, 0) is 6.07 Å². The quantitative estimate of drug-likeness (QED) is 0.829. The van der Waals surface area contributed by atoms with E-state index in [4.69, 9.17) is 22.7 Å². The van der Waals surface area contributed by atoms with E-state index < -0.39 is 5.82 Å². The Morgan fingerprint density at radius 1 is 1.48 bits per heavy atom. The molecule has 3 N–H and O–H groups in total. The number of nitrogens with one attached hydrogen (secondary N) is 1. The maximum absolute atomic E-state index is 13.8.